The average Bonchev–Trinajstić information content (AvgIpc) is 2.65. The Hall–Kier alpha value is -3.02. The quantitative estimate of drug-likeness (QED) is 0.687. The molecule has 0 aliphatic carbocycles. The minimum atomic E-state index is -0.249. The highest BCUT2D eigenvalue weighted by molar-refractivity contribution is 6.01. The lowest BCUT2D eigenvalue weighted by Gasteiger charge is -2.18. The molecule has 2 aromatic carbocycles. The van der Waals surface area contributed by atoms with Crippen molar-refractivity contribution in [3.63, 3.8) is 0 Å². The Morgan fingerprint density at radius 1 is 1.04 bits per heavy atom. The van der Waals surface area contributed by atoms with Crippen LogP contribution >= 0.6 is 0 Å². The summed E-state index contributed by atoms with van der Waals surface area (Å²) in [6, 6.07) is 13.0. The molecule has 0 spiro atoms. The molecule has 25 heavy (non-hydrogen) atoms. The van der Waals surface area contributed by atoms with Gasteiger partial charge < -0.3 is 14.4 Å². The highest BCUT2D eigenvalue weighted by Crippen LogP contribution is 2.30. The van der Waals surface area contributed by atoms with Crippen LogP contribution in [0.3, 0.4) is 0 Å². The second kappa shape index (κ2) is 7.25. The maximum absolute atomic E-state index is 12.3. The number of fused-ring (bicyclic) bond motifs is 1. The second-order valence-corrected chi connectivity index (χ2v) is 5.94. The van der Waals surface area contributed by atoms with Gasteiger partial charge in [0.2, 0.25) is 0 Å². The largest absolute Gasteiger partial charge is 0.486 e. The predicted octanol–water partition coefficient (Wildman–Crippen LogP) is 2.68. The van der Waals surface area contributed by atoms with Gasteiger partial charge in [-0.25, -0.2) is 5.43 Å². The highest BCUT2D eigenvalue weighted by Gasteiger charge is 2.13. The lowest BCUT2D eigenvalue weighted by molar-refractivity contribution is 0.0955. The summed E-state index contributed by atoms with van der Waals surface area (Å²) in [6.45, 7) is 2.93. The minimum absolute atomic E-state index is 0.249. The summed E-state index contributed by atoms with van der Waals surface area (Å²) in [4.78, 5) is 14.3. The summed E-state index contributed by atoms with van der Waals surface area (Å²) in [6.07, 6.45) is 0. The van der Waals surface area contributed by atoms with Gasteiger partial charge in [-0.2, -0.15) is 5.10 Å². The molecular formula is C19H21N3O3. The van der Waals surface area contributed by atoms with Gasteiger partial charge in [-0.3, -0.25) is 4.79 Å². The molecule has 6 heteroatoms. The van der Waals surface area contributed by atoms with Crippen LogP contribution < -0.4 is 19.8 Å². The lowest BCUT2D eigenvalue weighted by atomic mass is 10.1. The lowest BCUT2D eigenvalue weighted by Crippen LogP contribution is -2.20. The van der Waals surface area contributed by atoms with E-state index in [4.69, 9.17) is 9.47 Å². The van der Waals surface area contributed by atoms with Gasteiger partial charge in [0.05, 0.1) is 5.71 Å². The van der Waals surface area contributed by atoms with E-state index in [0.29, 0.717) is 30.2 Å². The molecule has 6 nitrogen and oxygen atoms in total. The molecule has 1 aliphatic rings. The molecule has 0 saturated carbocycles. The first-order valence-corrected chi connectivity index (χ1v) is 8.06. The summed E-state index contributed by atoms with van der Waals surface area (Å²) < 4.78 is 11.1. The smallest absolute Gasteiger partial charge is 0.271 e. The molecule has 130 valence electrons. The topological polar surface area (TPSA) is 63.2 Å². The van der Waals surface area contributed by atoms with E-state index in [-0.39, 0.29) is 5.91 Å². The Morgan fingerprint density at radius 2 is 1.80 bits per heavy atom. The van der Waals surface area contributed by atoms with Gasteiger partial charge in [-0.15, -0.1) is 0 Å². The number of amides is 1. The van der Waals surface area contributed by atoms with Crippen molar-refractivity contribution in [3.8, 4) is 11.5 Å². The van der Waals surface area contributed by atoms with Crippen molar-refractivity contribution in [2.75, 3.05) is 32.2 Å². The van der Waals surface area contributed by atoms with Gasteiger partial charge in [-0.05, 0) is 43.3 Å². The standard InChI is InChI=1S/C19H21N3O3/c1-13(14-7-8-17-18(12-14)25-10-9-24-17)20-21-19(23)15-5-4-6-16(11-15)22(2)3/h4-8,11-12H,9-10H2,1-3H3,(H,21,23)/b20-13+. The van der Waals surface area contributed by atoms with Gasteiger partial charge >= 0.3 is 0 Å². The van der Waals surface area contributed by atoms with Crippen LogP contribution in [0.4, 0.5) is 5.69 Å². The van der Waals surface area contributed by atoms with Gasteiger partial charge in [0.25, 0.3) is 5.91 Å². The Balaban J connectivity index is 1.72. The number of rotatable bonds is 4. The molecule has 3 rings (SSSR count). The Morgan fingerprint density at radius 3 is 2.56 bits per heavy atom. The van der Waals surface area contributed by atoms with Gasteiger partial charge in [-0.1, -0.05) is 6.07 Å². The third-order valence-electron chi connectivity index (χ3n) is 3.91. The third-order valence-corrected chi connectivity index (χ3v) is 3.91. The molecule has 0 aromatic heterocycles. The predicted molar refractivity (Wildman–Crippen MR) is 97.9 cm³/mol. The van der Waals surface area contributed by atoms with Crippen LogP contribution in [0.1, 0.15) is 22.8 Å². The first-order valence-electron chi connectivity index (χ1n) is 8.06. The summed E-state index contributed by atoms with van der Waals surface area (Å²) >= 11 is 0. The molecule has 1 aliphatic heterocycles. The van der Waals surface area contributed by atoms with Crippen LogP contribution in [0.5, 0.6) is 11.5 Å². The Labute approximate surface area is 147 Å². The van der Waals surface area contributed by atoms with E-state index in [1.54, 1.807) is 6.07 Å². The molecule has 0 bridgehead atoms. The second-order valence-electron chi connectivity index (χ2n) is 5.94. The number of ether oxygens (including phenoxy) is 2. The monoisotopic (exact) mass is 339 g/mol. The van der Waals surface area contributed by atoms with Crippen LogP contribution in [0.15, 0.2) is 47.6 Å². The van der Waals surface area contributed by atoms with Gasteiger partial charge in [0.15, 0.2) is 11.5 Å². The minimum Gasteiger partial charge on any atom is -0.486 e. The number of nitrogens with zero attached hydrogens (tertiary/aromatic N) is 2. The summed E-state index contributed by atoms with van der Waals surface area (Å²) in [5.74, 6) is 1.18. The number of hydrogen-bond donors (Lipinski definition) is 1. The first-order chi connectivity index (χ1) is 12.0. The van der Waals surface area contributed by atoms with Crippen LogP contribution in [-0.4, -0.2) is 38.9 Å². The first kappa shape index (κ1) is 16.8. The van der Waals surface area contributed by atoms with E-state index >= 15 is 0 Å². The van der Waals surface area contributed by atoms with E-state index in [9.17, 15) is 4.79 Å². The van der Waals surface area contributed by atoms with Gasteiger partial charge in [0, 0.05) is 30.9 Å². The zero-order valence-corrected chi connectivity index (χ0v) is 14.6. The molecular weight excluding hydrogens is 318 g/mol. The van der Waals surface area contributed by atoms with Gasteiger partial charge in [0.1, 0.15) is 13.2 Å². The van der Waals surface area contributed by atoms with Crippen molar-refractivity contribution in [1.82, 2.24) is 5.43 Å². The van der Waals surface area contributed by atoms with E-state index < -0.39 is 0 Å². The number of benzene rings is 2. The fraction of sp³-hybridized carbons (Fsp3) is 0.263. The molecule has 0 saturated heterocycles. The van der Waals surface area contributed by atoms with Crippen LogP contribution in [0.25, 0.3) is 0 Å². The van der Waals surface area contributed by atoms with Crippen LogP contribution in [0, 0.1) is 0 Å². The molecule has 0 radical (unpaired) electrons. The number of hydrazone groups is 1. The maximum Gasteiger partial charge on any atom is 0.271 e. The average molecular weight is 339 g/mol. The van der Waals surface area contributed by atoms with E-state index in [1.165, 1.54) is 0 Å². The van der Waals surface area contributed by atoms with Crippen molar-refractivity contribution in [1.29, 1.82) is 0 Å². The Bertz CT molecular complexity index is 815. The van der Waals surface area contributed by atoms with Crippen molar-refractivity contribution in [2.45, 2.75) is 6.92 Å². The maximum atomic E-state index is 12.3. The van der Waals surface area contributed by atoms with Crippen molar-refractivity contribution < 1.29 is 14.3 Å². The molecule has 0 atom stereocenters. The summed E-state index contributed by atoms with van der Waals surface area (Å²) in [5, 5.41) is 4.20. The number of carbonyl (C=O) groups is 1. The molecule has 0 unspecified atom stereocenters. The number of anilines is 1. The normalized spacial score (nSPS) is 13.3. The van der Waals surface area contributed by atoms with Crippen molar-refractivity contribution in [2.24, 2.45) is 5.10 Å². The Kier molecular flexibility index (Phi) is 4.88. The van der Waals surface area contributed by atoms with E-state index in [0.717, 1.165) is 17.0 Å². The molecule has 2 aromatic rings. The number of carbonyl (C=O) groups excluding carboxylic acids is 1. The zero-order chi connectivity index (χ0) is 17.8. The molecule has 1 heterocycles. The van der Waals surface area contributed by atoms with Crippen molar-refractivity contribution >= 4 is 17.3 Å². The molecule has 0 fully saturated rings. The fourth-order valence-corrected chi connectivity index (χ4v) is 2.46. The van der Waals surface area contributed by atoms with Crippen LogP contribution in [-0.2, 0) is 0 Å². The van der Waals surface area contributed by atoms with E-state index in [2.05, 4.69) is 10.5 Å². The summed E-state index contributed by atoms with van der Waals surface area (Å²) in [7, 11) is 3.86. The number of nitrogens with one attached hydrogen (secondary N) is 1. The number of hydrogen-bond acceptors (Lipinski definition) is 5. The van der Waals surface area contributed by atoms with Crippen LogP contribution in [0.2, 0.25) is 0 Å². The summed E-state index contributed by atoms with van der Waals surface area (Å²) in [5.41, 5.74) is 5.68. The molecule has 1 N–H and O–H groups in total. The fourth-order valence-electron chi connectivity index (χ4n) is 2.46. The third kappa shape index (κ3) is 3.91. The SMILES string of the molecule is C/C(=N\NC(=O)c1cccc(N(C)C)c1)c1ccc2c(c1)OCCO2. The van der Waals surface area contributed by atoms with E-state index in [1.807, 2.05) is 62.3 Å². The zero-order valence-electron chi connectivity index (χ0n) is 14.6. The molecule has 1 amide bonds. The highest BCUT2D eigenvalue weighted by atomic mass is 16.6. The van der Waals surface area contributed by atoms with Crippen molar-refractivity contribution in [3.05, 3.63) is 53.6 Å².